The number of carbonyl (C=O) groups is 1. The van der Waals surface area contributed by atoms with Gasteiger partial charge in [-0.15, -0.1) is 0 Å². The molecule has 3 heterocycles. The Balaban J connectivity index is 1.21. The topological polar surface area (TPSA) is 104 Å². The summed E-state index contributed by atoms with van der Waals surface area (Å²) in [5, 5.41) is 6.53. The number of pyridine rings is 1. The zero-order chi connectivity index (χ0) is 32.0. The number of carbonyl (C=O) groups excluding carboxylic acids is 1. The summed E-state index contributed by atoms with van der Waals surface area (Å²) in [6, 6.07) is 28.1. The lowest BCUT2D eigenvalue weighted by Crippen LogP contribution is -2.33. The highest BCUT2D eigenvalue weighted by Gasteiger charge is 2.27. The average Bonchev–Trinajstić information content (AvgIpc) is 3.57. The number of hydrogen-bond acceptors (Lipinski definition) is 6. The summed E-state index contributed by atoms with van der Waals surface area (Å²) < 4.78 is 2.29. The lowest BCUT2D eigenvalue weighted by atomic mass is 10.1. The third-order valence-corrected chi connectivity index (χ3v) is 10.5. The van der Waals surface area contributed by atoms with Gasteiger partial charge in [-0.2, -0.15) is 4.57 Å². The summed E-state index contributed by atoms with van der Waals surface area (Å²) in [5.74, 6) is 0.0768. The first kappa shape index (κ1) is 31.6. The van der Waals surface area contributed by atoms with Crippen molar-refractivity contribution in [1.29, 1.82) is 0 Å². The molecule has 0 fully saturated rings. The van der Waals surface area contributed by atoms with E-state index in [1.807, 2.05) is 23.5 Å². The van der Waals surface area contributed by atoms with E-state index in [1.165, 1.54) is 47.7 Å². The van der Waals surface area contributed by atoms with Gasteiger partial charge in [0.1, 0.15) is 7.05 Å². The van der Waals surface area contributed by atoms with Gasteiger partial charge in [-0.05, 0) is 54.8 Å². The summed E-state index contributed by atoms with van der Waals surface area (Å²) in [6.45, 7) is 1.73. The fourth-order valence-corrected chi connectivity index (χ4v) is 8.08. The van der Waals surface area contributed by atoms with E-state index in [0.29, 0.717) is 19.5 Å². The molecular weight excluding hydrogens is 611 g/mol. The summed E-state index contributed by atoms with van der Waals surface area (Å²) >= 11 is 3.64. The Morgan fingerprint density at radius 2 is 1.59 bits per heavy atom. The summed E-state index contributed by atoms with van der Waals surface area (Å²) in [4.78, 5) is 23.4. The van der Waals surface area contributed by atoms with Gasteiger partial charge in [-0.25, -0.2) is 0 Å². The van der Waals surface area contributed by atoms with Gasteiger partial charge in [0.25, 0.3) is 0 Å². The molecule has 5 N–H and O–H groups in total. The van der Waals surface area contributed by atoms with Crippen LogP contribution in [0.4, 0.5) is 11.4 Å². The number of fused-ring (bicyclic) bond motifs is 3. The molecule has 0 saturated heterocycles. The van der Waals surface area contributed by atoms with Crippen LogP contribution >= 0.6 is 23.5 Å². The summed E-state index contributed by atoms with van der Waals surface area (Å²) in [6.07, 6.45) is 7.93. The van der Waals surface area contributed by atoms with E-state index in [-0.39, 0.29) is 11.9 Å². The second kappa shape index (κ2) is 14.3. The van der Waals surface area contributed by atoms with Crippen LogP contribution < -0.4 is 31.2 Å². The predicted octanol–water partition coefficient (Wildman–Crippen LogP) is 6.07. The van der Waals surface area contributed by atoms with Crippen LogP contribution in [0.1, 0.15) is 36.9 Å². The van der Waals surface area contributed by atoms with E-state index in [9.17, 15) is 4.79 Å². The van der Waals surface area contributed by atoms with E-state index in [4.69, 9.17) is 11.5 Å². The smallest absolute Gasteiger partial charge is 0.220 e. The Hall–Kier alpha value is -4.41. The Bertz CT molecular complexity index is 1850. The molecule has 4 aromatic rings. The van der Waals surface area contributed by atoms with E-state index in [1.54, 1.807) is 0 Å². The fraction of sp³-hybridized carbons (Fsp3) is 0.250. The predicted molar refractivity (Wildman–Crippen MR) is 194 cm³/mol. The number of aromatic nitrogens is 1. The second-order valence-electron chi connectivity index (χ2n) is 11.4. The first-order chi connectivity index (χ1) is 22.4. The van der Waals surface area contributed by atoms with Gasteiger partial charge >= 0.3 is 0 Å². The minimum Gasteiger partial charge on any atom is -0.370 e. The molecule has 8 nitrogen and oxygen atoms in total. The van der Waals surface area contributed by atoms with Crippen LogP contribution in [0.3, 0.4) is 0 Å². The molecule has 2 aliphatic rings. The van der Waals surface area contributed by atoms with Crippen molar-refractivity contribution in [1.82, 2.24) is 5.32 Å². The van der Waals surface area contributed by atoms with Gasteiger partial charge in [0.15, 0.2) is 5.96 Å². The molecule has 6 rings (SSSR count). The number of nitrogens with zero attached hydrogens (tertiary/aromatic N) is 4. The number of nitrogens with two attached hydrogens (primary N) is 2. The molecule has 46 heavy (non-hydrogen) atoms. The Kier molecular flexibility index (Phi) is 9.85. The Morgan fingerprint density at radius 1 is 0.891 bits per heavy atom. The lowest BCUT2D eigenvalue weighted by Gasteiger charge is -2.20. The van der Waals surface area contributed by atoms with E-state index < -0.39 is 0 Å². The number of benzene rings is 3. The molecule has 10 heteroatoms. The maximum atomic E-state index is 12.2. The third-order valence-electron chi connectivity index (χ3n) is 8.24. The van der Waals surface area contributed by atoms with Crippen molar-refractivity contribution >= 4 is 69.8 Å². The molecular formula is C36H40N7OS2+. The highest BCUT2D eigenvalue weighted by atomic mass is 32.2. The molecule has 0 atom stereocenters. The van der Waals surface area contributed by atoms with Crippen LogP contribution in [0.5, 0.6) is 0 Å². The van der Waals surface area contributed by atoms with Crippen LogP contribution in [-0.4, -0.2) is 38.5 Å². The number of unbranched alkanes of at least 4 members (excludes halogenated alkanes) is 2. The molecule has 0 spiro atoms. The second-order valence-corrected chi connectivity index (χ2v) is 13.5. The summed E-state index contributed by atoms with van der Waals surface area (Å²) in [5.41, 5.74) is 16.7. The molecule has 236 valence electrons. The molecule has 0 aliphatic carbocycles. The van der Waals surface area contributed by atoms with Crippen molar-refractivity contribution in [2.45, 2.75) is 35.5 Å². The van der Waals surface area contributed by atoms with Crippen LogP contribution in [0.15, 0.2) is 104 Å². The van der Waals surface area contributed by atoms with E-state index in [0.717, 1.165) is 31.5 Å². The fourth-order valence-electron chi connectivity index (χ4n) is 5.84. The van der Waals surface area contributed by atoms with Crippen molar-refractivity contribution in [2.24, 2.45) is 23.5 Å². The van der Waals surface area contributed by atoms with Crippen LogP contribution in [0.2, 0.25) is 0 Å². The zero-order valence-electron chi connectivity index (χ0n) is 26.3. The zero-order valence-corrected chi connectivity index (χ0v) is 27.9. The van der Waals surface area contributed by atoms with E-state index in [2.05, 4.69) is 130 Å². The van der Waals surface area contributed by atoms with Gasteiger partial charge in [0, 0.05) is 54.6 Å². The maximum Gasteiger partial charge on any atom is 0.220 e. The lowest BCUT2D eigenvalue weighted by molar-refractivity contribution is -0.646. The number of nitrogens with one attached hydrogen (secondary N) is 1. The van der Waals surface area contributed by atoms with Gasteiger partial charge in [0.05, 0.1) is 33.4 Å². The average molecular weight is 651 g/mol. The van der Waals surface area contributed by atoms with Crippen LogP contribution in [0.25, 0.3) is 23.1 Å². The first-order valence-corrected chi connectivity index (χ1v) is 17.2. The van der Waals surface area contributed by atoms with Gasteiger partial charge in [0.2, 0.25) is 17.1 Å². The molecule has 3 aromatic carbocycles. The number of aliphatic imine (C=N–C) groups is 1. The minimum absolute atomic E-state index is 0.0362. The van der Waals surface area contributed by atoms with Crippen LogP contribution in [-0.2, 0) is 11.8 Å². The van der Waals surface area contributed by atoms with Crippen molar-refractivity contribution in [3.05, 3.63) is 100 Å². The van der Waals surface area contributed by atoms with Gasteiger partial charge in [-0.1, -0.05) is 66.3 Å². The molecule has 0 saturated carbocycles. The first-order valence-electron chi connectivity index (χ1n) is 15.6. The van der Waals surface area contributed by atoms with Gasteiger partial charge in [-0.3, -0.25) is 9.79 Å². The number of para-hydroxylation sites is 3. The van der Waals surface area contributed by atoms with Gasteiger partial charge < -0.3 is 26.6 Å². The number of thioether (sulfide) groups is 2. The number of amides is 1. The van der Waals surface area contributed by atoms with Crippen molar-refractivity contribution in [2.75, 3.05) is 36.5 Å². The van der Waals surface area contributed by atoms with Crippen molar-refractivity contribution in [3.8, 4) is 0 Å². The molecule has 0 bridgehead atoms. The maximum absolute atomic E-state index is 12.2. The molecule has 1 amide bonds. The Labute approximate surface area is 279 Å². The number of aryl methyl sites for hydroxylation is 1. The number of hydrogen-bond donors (Lipinski definition) is 3. The number of anilines is 2. The molecule has 0 radical (unpaired) electrons. The number of guanidine groups is 1. The molecule has 2 aliphatic heterocycles. The summed E-state index contributed by atoms with van der Waals surface area (Å²) in [7, 11) is 4.29. The third kappa shape index (κ3) is 7.03. The monoisotopic (exact) mass is 650 g/mol. The number of rotatable bonds is 11. The highest BCUT2D eigenvalue weighted by Crippen LogP contribution is 2.47. The molecule has 0 unspecified atom stereocenters. The standard InChI is InChI=1S/C36H39N7OS2/c1-41-26(22-25(27-12-5-6-13-28(27)41)23-34-42(2)29-14-7-9-16-31(29)45-34)24-35-43(30-15-8-10-17-32(30)46-35)21-11-3-4-18-33(44)39-19-20-40-36(37)38/h5-10,12-17,22-24H,3-4,11,18-21H2,1-2H3,(H4-,37,38,39,40,44)/p+1. The van der Waals surface area contributed by atoms with Crippen LogP contribution in [0, 0.1) is 0 Å². The largest absolute Gasteiger partial charge is 0.370 e. The van der Waals surface area contributed by atoms with E-state index >= 15 is 0 Å². The normalized spacial score (nSPS) is 15.4. The minimum atomic E-state index is 0.0362. The SMILES string of the molecule is CN1/C(=C/c2cc(/C=C3/Sc4ccccc4N3CCCCCC(=O)NCCN=C(N)N)[n+](C)c3ccccc23)Sc2ccccc21. The molecule has 1 aromatic heterocycles. The highest BCUT2D eigenvalue weighted by molar-refractivity contribution is 8.04. The van der Waals surface area contributed by atoms with Crippen molar-refractivity contribution < 1.29 is 9.36 Å². The quantitative estimate of drug-likeness (QED) is 0.0784. The van der Waals surface area contributed by atoms with Crippen molar-refractivity contribution in [3.63, 3.8) is 0 Å². The Morgan fingerprint density at radius 3 is 2.37 bits per heavy atom.